The van der Waals surface area contributed by atoms with E-state index in [0.717, 1.165) is 5.56 Å². The topological polar surface area (TPSA) is 66.5 Å². The minimum absolute atomic E-state index is 0.188. The Hall–Kier alpha value is -2.35. The number of carbonyl (C=O) groups is 1. The van der Waals surface area contributed by atoms with E-state index in [1.807, 2.05) is 17.5 Å². The van der Waals surface area contributed by atoms with Gasteiger partial charge in [-0.05, 0) is 59.8 Å². The van der Waals surface area contributed by atoms with Gasteiger partial charge < -0.3 is 5.32 Å². The molecule has 0 radical (unpaired) electrons. The molecule has 1 amide bonds. The van der Waals surface area contributed by atoms with Crippen LogP contribution in [0.1, 0.15) is 15.2 Å². The summed E-state index contributed by atoms with van der Waals surface area (Å²) in [4.78, 5) is 13.0. The number of hydrogen-bond acceptors (Lipinski definition) is 4. The van der Waals surface area contributed by atoms with E-state index in [9.17, 15) is 13.2 Å². The molecule has 138 valence electrons. The highest BCUT2D eigenvalue weighted by Gasteiger charge is 2.31. The third-order valence-corrected chi connectivity index (χ3v) is 7.29. The highest BCUT2D eigenvalue weighted by molar-refractivity contribution is 7.92. The van der Waals surface area contributed by atoms with Gasteiger partial charge in [-0.3, -0.25) is 9.10 Å². The SMILES string of the molecule is O=C(Nc1ccc2c(c1)N(S(=O)(=O)c1ccc(Cl)cc1)CC2)c1cccs1. The van der Waals surface area contributed by atoms with Crippen LogP contribution in [0.5, 0.6) is 0 Å². The van der Waals surface area contributed by atoms with Crippen molar-refractivity contribution >= 4 is 50.2 Å². The van der Waals surface area contributed by atoms with Crippen LogP contribution in [0.2, 0.25) is 5.02 Å². The number of halogens is 1. The summed E-state index contributed by atoms with van der Waals surface area (Å²) in [5, 5.41) is 5.14. The Kier molecular flexibility index (Phi) is 4.67. The van der Waals surface area contributed by atoms with Crippen LogP contribution in [0.15, 0.2) is 64.9 Å². The van der Waals surface area contributed by atoms with Crippen molar-refractivity contribution in [2.45, 2.75) is 11.3 Å². The Balaban J connectivity index is 1.65. The first-order valence-electron chi connectivity index (χ1n) is 8.21. The van der Waals surface area contributed by atoms with Crippen LogP contribution < -0.4 is 9.62 Å². The lowest BCUT2D eigenvalue weighted by Gasteiger charge is -2.20. The number of anilines is 2. The van der Waals surface area contributed by atoms with Crippen LogP contribution in [0.3, 0.4) is 0 Å². The molecule has 0 fully saturated rings. The molecule has 0 saturated carbocycles. The summed E-state index contributed by atoms with van der Waals surface area (Å²) in [5.41, 5.74) is 2.08. The van der Waals surface area contributed by atoms with E-state index >= 15 is 0 Å². The fraction of sp³-hybridized carbons (Fsp3) is 0.105. The zero-order valence-corrected chi connectivity index (χ0v) is 16.4. The molecule has 2 heterocycles. The van der Waals surface area contributed by atoms with Crippen molar-refractivity contribution in [2.24, 2.45) is 0 Å². The molecule has 8 heteroatoms. The minimum atomic E-state index is -3.69. The lowest BCUT2D eigenvalue weighted by molar-refractivity contribution is 0.103. The van der Waals surface area contributed by atoms with Crippen molar-refractivity contribution < 1.29 is 13.2 Å². The van der Waals surface area contributed by atoms with Crippen LogP contribution in [0, 0.1) is 0 Å². The van der Waals surface area contributed by atoms with E-state index in [-0.39, 0.29) is 10.8 Å². The van der Waals surface area contributed by atoms with E-state index in [1.54, 1.807) is 30.3 Å². The summed E-state index contributed by atoms with van der Waals surface area (Å²) in [5.74, 6) is -0.213. The molecular weight excluding hydrogens is 404 g/mol. The summed E-state index contributed by atoms with van der Waals surface area (Å²) in [6.07, 6.45) is 0.626. The Morgan fingerprint density at radius 1 is 1.11 bits per heavy atom. The van der Waals surface area contributed by atoms with Crippen molar-refractivity contribution in [1.29, 1.82) is 0 Å². The second kappa shape index (κ2) is 6.99. The number of hydrogen-bond donors (Lipinski definition) is 1. The zero-order valence-electron chi connectivity index (χ0n) is 14.1. The van der Waals surface area contributed by atoms with Crippen molar-refractivity contribution in [1.82, 2.24) is 0 Å². The molecule has 0 aliphatic carbocycles. The fourth-order valence-electron chi connectivity index (χ4n) is 3.01. The van der Waals surface area contributed by atoms with Gasteiger partial charge >= 0.3 is 0 Å². The Bertz CT molecular complexity index is 1090. The maximum atomic E-state index is 13.0. The summed E-state index contributed by atoms with van der Waals surface area (Å²) >= 11 is 7.22. The number of nitrogens with one attached hydrogen (secondary N) is 1. The summed E-state index contributed by atoms with van der Waals surface area (Å²) < 4.78 is 27.4. The lowest BCUT2D eigenvalue weighted by Crippen LogP contribution is -2.29. The predicted molar refractivity (Wildman–Crippen MR) is 108 cm³/mol. The first kappa shape index (κ1) is 18.0. The predicted octanol–water partition coefficient (Wildman–Crippen LogP) is 4.41. The number of carbonyl (C=O) groups excluding carboxylic acids is 1. The first-order valence-corrected chi connectivity index (χ1v) is 10.9. The number of fused-ring (bicyclic) bond motifs is 1. The van der Waals surface area contributed by atoms with Gasteiger partial charge in [0.2, 0.25) is 0 Å². The normalized spacial score (nSPS) is 13.4. The van der Waals surface area contributed by atoms with Gasteiger partial charge in [0, 0.05) is 17.3 Å². The number of amides is 1. The number of nitrogens with zero attached hydrogens (tertiary/aromatic N) is 1. The Labute approximate surface area is 166 Å². The van der Waals surface area contributed by atoms with Crippen molar-refractivity contribution in [3.05, 3.63) is 75.4 Å². The van der Waals surface area contributed by atoms with E-state index in [1.165, 1.54) is 27.8 Å². The molecule has 0 bridgehead atoms. The summed E-state index contributed by atoms with van der Waals surface area (Å²) in [6.45, 7) is 0.364. The monoisotopic (exact) mass is 418 g/mol. The zero-order chi connectivity index (χ0) is 19.0. The molecule has 4 rings (SSSR count). The molecule has 1 aromatic heterocycles. The number of benzene rings is 2. The minimum Gasteiger partial charge on any atom is -0.321 e. The quantitative estimate of drug-likeness (QED) is 0.682. The highest BCUT2D eigenvalue weighted by Crippen LogP contribution is 2.35. The van der Waals surface area contributed by atoms with Crippen LogP contribution in [0.25, 0.3) is 0 Å². The molecule has 1 aliphatic rings. The van der Waals surface area contributed by atoms with Crippen molar-refractivity contribution in [3.63, 3.8) is 0 Å². The maximum Gasteiger partial charge on any atom is 0.265 e. The molecule has 0 unspecified atom stereocenters. The van der Waals surface area contributed by atoms with Gasteiger partial charge in [-0.25, -0.2) is 8.42 Å². The van der Waals surface area contributed by atoms with Crippen molar-refractivity contribution in [3.8, 4) is 0 Å². The molecule has 5 nitrogen and oxygen atoms in total. The van der Waals surface area contributed by atoms with Gasteiger partial charge in [-0.15, -0.1) is 11.3 Å². The molecule has 1 N–H and O–H groups in total. The molecule has 2 aromatic carbocycles. The summed E-state index contributed by atoms with van der Waals surface area (Å²) in [7, 11) is -3.69. The van der Waals surface area contributed by atoms with E-state index in [0.29, 0.717) is 34.2 Å². The van der Waals surface area contributed by atoms with E-state index in [2.05, 4.69) is 5.32 Å². The van der Waals surface area contributed by atoms with Gasteiger partial charge in [0.25, 0.3) is 15.9 Å². The standard InChI is InChI=1S/C19H15ClN2O3S2/c20-14-4-7-16(8-5-14)27(24,25)22-10-9-13-3-6-15(12-17(13)22)21-19(23)18-2-1-11-26-18/h1-8,11-12H,9-10H2,(H,21,23). The second-order valence-electron chi connectivity index (χ2n) is 6.06. The fourth-order valence-corrected chi connectivity index (χ4v) is 5.25. The van der Waals surface area contributed by atoms with Crippen LogP contribution in [-0.4, -0.2) is 20.9 Å². The molecule has 0 atom stereocenters. The Morgan fingerprint density at radius 2 is 1.89 bits per heavy atom. The van der Waals surface area contributed by atoms with Crippen LogP contribution in [0.4, 0.5) is 11.4 Å². The van der Waals surface area contributed by atoms with Gasteiger partial charge in [-0.2, -0.15) is 0 Å². The lowest BCUT2D eigenvalue weighted by atomic mass is 10.1. The first-order chi connectivity index (χ1) is 12.9. The Morgan fingerprint density at radius 3 is 2.59 bits per heavy atom. The van der Waals surface area contributed by atoms with Crippen LogP contribution >= 0.6 is 22.9 Å². The maximum absolute atomic E-state index is 13.0. The number of rotatable bonds is 4. The average molecular weight is 419 g/mol. The summed E-state index contributed by atoms with van der Waals surface area (Å²) in [6, 6.07) is 15.0. The van der Waals surface area contributed by atoms with E-state index in [4.69, 9.17) is 11.6 Å². The van der Waals surface area contributed by atoms with Gasteiger partial charge in [0.1, 0.15) is 0 Å². The number of sulfonamides is 1. The third kappa shape index (κ3) is 3.45. The smallest absolute Gasteiger partial charge is 0.265 e. The van der Waals surface area contributed by atoms with Crippen molar-refractivity contribution in [2.75, 3.05) is 16.2 Å². The largest absolute Gasteiger partial charge is 0.321 e. The molecular formula is C19H15ClN2O3S2. The van der Waals surface area contributed by atoms with Gasteiger partial charge in [-0.1, -0.05) is 23.7 Å². The van der Waals surface area contributed by atoms with Gasteiger partial charge in [0.15, 0.2) is 0 Å². The molecule has 0 spiro atoms. The number of thiophene rings is 1. The average Bonchev–Trinajstić information content (AvgIpc) is 3.32. The third-order valence-electron chi connectivity index (χ3n) is 4.34. The van der Waals surface area contributed by atoms with E-state index < -0.39 is 10.0 Å². The molecule has 3 aromatic rings. The highest BCUT2D eigenvalue weighted by atomic mass is 35.5. The van der Waals surface area contributed by atoms with Crippen LogP contribution in [-0.2, 0) is 16.4 Å². The molecule has 1 aliphatic heterocycles. The van der Waals surface area contributed by atoms with Gasteiger partial charge in [0.05, 0.1) is 15.5 Å². The molecule has 0 saturated heterocycles. The second-order valence-corrected chi connectivity index (χ2v) is 9.30. The molecule has 27 heavy (non-hydrogen) atoms.